The van der Waals surface area contributed by atoms with Crippen LogP contribution in [0.2, 0.25) is 0 Å². The number of benzene rings is 1. The van der Waals surface area contributed by atoms with Crippen molar-refractivity contribution < 1.29 is 14.6 Å². The van der Waals surface area contributed by atoms with Gasteiger partial charge in [0.2, 0.25) is 0 Å². The molecule has 0 amide bonds. The highest BCUT2D eigenvalue weighted by atomic mass is 16.6. The summed E-state index contributed by atoms with van der Waals surface area (Å²) < 4.78 is 0. The first-order valence-corrected chi connectivity index (χ1v) is 9.52. The second-order valence-corrected chi connectivity index (χ2v) is 9.69. The number of nitrogens with zero attached hydrogens (tertiary/aromatic N) is 2. The molecule has 0 unspecified atom stereocenters. The minimum absolute atomic E-state index is 0.0180. The van der Waals surface area contributed by atoms with Crippen LogP contribution in [0, 0.1) is 31.1 Å². The zero-order chi connectivity index (χ0) is 23.1. The summed E-state index contributed by atoms with van der Waals surface area (Å²) in [5.41, 5.74) is 4.82. The Bertz CT molecular complexity index is 931. The molecule has 9 heteroatoms. The normalized spacial score (nSPS) is 16.6. The van der Waals surface area contributed by atoms with Crippen LogP contribution in [0.5, 0.6) is 0 Å². The van der Waals surface area contributed by atoms with Crippen molar-refractivity contribution in [1.29, 1.82) is 0 Å². The Hall–Kier alpha value is -3.07. The molecule has 0 saturated heterocycles. The number of allylic oxidation sites excluding steroid dienone is 2. The molecule has 2 N–H and O–H groups in total. The minimum Gasteiger partial charge on any atom is -0.314 e. The number of nitro groups is 2. The van der Waals surface area contributed by atoms with Gasteiger partial charge in [-0.3, -0.25) is 25.0 Å². The lowest BCUT2D eigenvalue weighted by Gasteiger charge is -2.38. The first-order chi connectivity index (χ1) is 13.5. The Kier molecular flexibility index (Phi) is 5.91. The van der Waals surface area contributed by atoms with E-state index in [2.05, 4.69) is 10.9 Å². The summed E-state index contributed by atoms with van der Waals surface area (Å²) in [5, 5.41) is 22.3. The second kappa shape index (κ2) is 7.64. The lowest BCUT2D eigenvalue weighted by molar-refractivity contribution is -0.393. The highest BCUT2D eigenvalue weighted by Crippen LogP contribution is 2.40. The highest BCUT2D eigenvalue weighted by Gasteiger charge is 2.39. The molecule has 30 heavy (non-hydrogen) atoms. The third-order valence-electron chi connectivity index (χ3n) is 4.85. The second-order valence-electron chi connectivity index (χ2n) is 9.69. The van der Waals surface area contributed by atoms with Crippen LogP contribution in [0.15, 0.2) is 41.5 Å². The molecule has 0 fully saturated rings. The molecule has 0 heterocycles. The summed E-state index contributed by atoms with van der Waals surface area (Å²) >= 11 is 0. The standard InChI is InChI=1S/C21H28N4O5/c1-19(2,3)14-11-21(7,12-15(18(14)26)20(4,5)6)23-22-16-9-8-13(24(27)28)10-17(16)25(29)30/h8-12,22-23H,1-7H3. The van der Waals surface area contributed by atoms with Gasteiger partial charge in [-0.05, 0) is 23.8 Å². The van der Waals surface area contributed by atoms with Crippen molar-refractivity contribution in [3.63, 3.8) is 0 Å². The Morgan fingerprint density at radius 1 is 0.900 bits per heavy atom. The lowest BCUT2D eigenvalue weighted by atomic mass is 9.69. The summed E-state index contributed by atoms with van der Waals surface area (Å²) in [4.78, 5) is 34.0. The number of rotatable bonds is 5. The number of nitro benzene ring substituents is 2. The Labute approximate surface area is 175 Å². The molecule has 0 aromatic heterocycles. The van der Waals surface area contributed by atoms with Gasteiger partial charge in [0, 0.05) is 17.2 Å². The largest absolute Gasteiger partial charge is 0.314 e. The number of anilines is 1. The van der Waals surface area contributed by atoms with Gasteiger partial charge in [0.15, 0.2) is 5.78 Å². The predicted octanol–water partition coefficient (Wildman–Crippen LogP) is 4.71. The molecule has 1 aromatic carbocycles. The fraction of sp³-hybridized carbons (Fsp3) is 0.476. The van der Waals surface area contributed by atoms with Crippen molar-refractivity contribution in [2.75, 3.05) is 5.43 Å². The Morgan fingerprint density at radius 2 is 1.40 bits per heavy atom. The van der Waals surface area contributed by atoms with Gasteiger partial charge in [-0.25, -0.2) is 5.43 Å². The van der Waals surface area contributed by atoms with E-state index >= 15 is 0 Å². The van der Waals surface area contributed by atoms with Gasteiger partial charge in [-0.2, -0.15) is 0 Å². The predicted molar refractivity (Wildman–Crippen MR) is 115 cm³/mol. The summed E-state index contributed by atoms with van der Waals surface area (Å²) in [7, 11) is 0. The van der Waals surface area contributed by atoms with Crippen molar-refractivity contribution in [3.05, 3.63) is 61.7 Å². The number of ketones is 1. The molecule has 0 aliphatic heterocycles. The molecular weight excluding hydrogens is 388 g/mol. The minimum atomic E-state index is -0.825. The molecule has 1 aliphatic carbocycles. The van der Waals surface area contributed by atoms with Gasteiger partial charge in [0.1, 0.15) is 5.69 Å². The number of Topliss-reactive ketones (excluding diaryl/α,β-unsaturated/α-hetero) is 1. The third kappa shape index (κ3) is 4.91. The monoisotopic (exact) mass is 416 g/mol. The summed E-state index contributed by atoms with van der Waals surface area (Å²) in [6, 6.07) is 3.38. The molecule has 0 atom stereocenters. The number of carbonyl (C=O) groups is 1. The van der Waals surface area contributed by atoms with Crippen molar-refractivity contribution in [2.24, 2.45) is 10.8 Å². The number of nitrogens with one attached hydrogen (secondary N) is 2. The van der Waals surface area contributed by atoms with Crippen LogP contribution in [-0.2, 0) is 4.79 Å². The van der Waals surface area contributed by atoms with Crippen LogP contribution in [0.25, 0.3) is 0 Å². The smallest absolute Gasteiger partial charge is 0.300 e. The van der Waals surface area contributed by atoms with Gasteiger partial charge in [-0.1, -0.05) is 53.7 Å². The zero-order valence-corrected chi connectivity index (χ0v) is 18.3. The van der Waals surface area contributed by atoms with E-state index in [0.29, 0.717) is 11.1 Å². The van der Waals surface area contributed by atoms with Crippen molar-refractivity contribution >= 4 is 22.8 Å². The molecule has 0 saturated carbocycles. The van der Waals surface area contributed by atoms with E-state index in [0.717, 1.165) is 6.07 Å². The Morgan fingerprint density at radius 3 is 1.80 bits per heavy atom. The maximum absolute atomic E-state index is 13.1. The number of hydrogen-bond acceptors (Lipinski definition) is 7. The molecule has 162 valence electrons. The molecular formula is C21H28N4O5. The van der Waals surface area contributed by atoms with Crippen LogP contribution >= 0.6 is 0 Å². The molecule has 9 nitrogen and oxygen atoms in total. The van der Waals surface area contributed by atoms with E-state index in [9.17, 15) is 25.0 Å². The zero-order valence-electron chi connectivity index (χ0n) is 18.3. The number of non-ortho nitro benzene ring substituents is 1. The summed E-state index contributed by atoms with van der Waals surface area (Å²) in [6.45, 7) is 13.6. The fourth-order valence-corrected chi connectivity index (χ4v) is 3.20. The average Bonchev–Trinajstić information content (AvgIpc) is 2.60. The van der Waals surface area contributed by atoms with E-state index in [1.54, 1.807) is 0 Å². The summed E-state index contributed by atoms with van der Waals surface area (Å²) in [5.74, 6) is -0.0180. The quantitative estimate of drug-likeness (QED) is 0.526. The van der Waals surface area contributed by atoms with E-state index in [4.69, 9.17) is 0 Å². The third-order valence-corrected chi connectivity index (χ3v) is 4.85. The molecule has 0 spiro atoms. The Balaban J connectivity index is 2.46. The lowest BCUT2D eigenvalue weighted by Crippen LogP contribution is -2.47. The molecule has 1 aromatic rings. The summed E-state index contributed by atoms with van der Waals surface area (Å²) in [6.07, 6.45) is 3.63. The van der Waals surface area contributed by atoms with Crippen LogP contribution in [0.3, 0.4) is 0 Å². The van der Waals surface area contributed by atoms with Gasteiger partial charge >= 0.3 is 5.69 Å². The number of carbonyl (C=O) groups excluding carboxylic acids is 1. The van der Waals surface area contributed by atoms with E-state index in [-0.39, 0.29) is 17.2 Å². The number of hydrogen-bond donors (Lipinski definition) is 2. The fourth-order valence-electron chi connectivity index (χ4n) is 3.20. The van der Waals surface area contributed by atoms with Crippen molar-refractivity contribution in [2.45, 2.75) is 54.0 Å². The first-order valence-electron chi connectivity index (χ1n) is 9.52. The molecule has 0 radical (unpaired) electrons. The molecule has 0 bridgehead atoms. The SMILES string of the molecule is CC1(NNc2ccc([N+](=O)[O-])cc2[N+](=O)[O-])C=C(C(C)(C)C)C(=O)C(C(C)(C)C)=C1. The topological polar surface area (TPSA) is 127 Å². The van der Waals surface area contributed by atoms with E-state index in [1.807, 2.05) is 60.6 Å². The van der Waals surface area contributed by atoms with Crippen LogP contribution in [0.1, 0.15) is 48.5 Å². The maximum atomic E-state index is 13.1. The van der Waals surface area contributed by atoms with E-state index in [1.165, 1.54) is 12.1 Å². The first kappa shape index (κ1) is 23.2. The van der Waals surface area contributed by atoms with Crippen LogP contribution < -0.4 is 10.9 Å². The van der Waals surface area contributed by atoms with Crippen molar-refractivity contribution in [1.82, 2.24) is 5.43 Å². The molecule has 1 aliphatic rings. The van der Waals surface area contributed by atoms with Crippen LogP contribution in [-0.4, -0.2) is 21.2 Å². The number of hydrazine groups is 1. The van der Waals surface area contributed by atoms with Crippen LogP contribution in [0.4, 0.5) is 17.1 Å². The van der Waals surface area contributed by atoms with Gasteiger partial charge < -0.3 is 5.43 Å². The van der Waals surface area contributed by atoms with Gasteiger partial charge in [0.05, 0.1) is 21.5 Å². The maximum Gasteiger partial charge on any atom is 0.300 e. The van der Waals surface area contributed by atoms with Gasteiger partial charge in [0.25, 0.3) is 5.69 Å². The average molecular weight is 416 g/mol. The van der Waals surface area contributed by atoms with Crippen molar-refractivity contribution in [3.8, 4) is 0 Å². The molecule has 2 rings (SSSR count). The van der Waals surface area contributed by atoms with Gasteiger partial charge in [-0.15, -0.1) is 0 Å². The van der Waals surface area contributed by atoms with E-state index < -0.39 is 31.9 Å². The highest BCUT2D eigenvalue weighted by molar-refractivity contribution is 6.11.